The van der Waals surface area contributed by atoms with Gasteiger partial charge in [-0.2, -0.15) is 0 Å². The van der Waals surface area contributed by atoms with Crippen LogP contribution in [0.25, 0.3) is 0 Å². The lowest BCUT2D eigenvalue weighted by Gasteiger charge is -2.21. The molecule has 0 fully saturated rings. The zero-order chi connectivity index (χ0) is 21.7. The number of aliphatic carboxylic acids is 2. The van der Waals surface area contributed by atoms with Crippen LogP contribution < -0.4 is 15.2 Å². The molecule has 0 heterocycles. The maximum Gasteiger partial charge on any atom is 0.573 e. The molecule has 0 aliphatic carbocycles. The summed E-state index contributed by atoms with van der Waals surface area (Å²) in [5, 5.41) is 27.3. The van der Waals surface area contributed by atoms with E-state index in [1.165, 1.54) is 0 Å². The van der Waals surface area contributed by atoms with Crippen LogP contribution in [0.4, 0.5) is 13.2 Å². The van der Waals surface area contributed by atoms with Gasteiger partial charge in [-0.3, -0.25) is 9.36 Å². The van der Waals surface area contributed by atoms with Gasteiger partial charge in [-0.05, 0) is 24.1 Å². The van der Waals surface area contributed by atoms with Crippen LogP contribution >= 0.6 is 7.37 Å². The Kier molecular flexibility index (Phi) is 7.82. The number of carbonyl (C=O) groups is 2. The van der Waals surface area contributed by atoms with Crippen LogP contribution in [0.5, 0.6) is 11.5 Å². The van der Waals surface area contributed by atoms with Crippen molar-refractivity contribution < 1.29 is 57.0 Å². The second kappa shape index (κ2) is 9.24. The molecular formula is C14H17F3NO9P. The third kappa shape index (κ3) is 7.35. The fraction of sp³-hybridized carbons (Fsp3) is 0.429. The molecule has 0 aromatic heterocycles. The number of nitrogens with two attached hydrogens (primary N) is 1. The third-order valence-electron chi connectivity index (χ3n) is 3.30. The zero-order valence-electron chi connectivity index (χ0n) is 14.0. The summed E-state index contributed by atoms with van der Waals surface area (Å²) in [6.45, 7) is -0.984. The molecule has 14 heteroatoms. The van der Waals surface area contributed by atoms with Crippen molar-refractivity contribution in [2.24, 2.45) is 5.73 Å². The maximum atomic E-state index is 12.5. The predicted molar refractivity (Wildman–Crippen MR) is 86.1 cm³/mol. The predicted octanol–water partition coefficient (Wildman–Crippen LogP) is 1.11. The number of aliphatic hydroxyl groups is 1. The van der Waals surface area contributed by atoms with E-state index in [9.17, 15) is 37.3 Å². The maximum absolute atomic E-state index is 12.5. The minimum absolute atomic E-state index is 0.461. The fourth-order valence-electron chi connectivity index (χ4n) is 1.95. The number of ether oxygens (including phenoxy) is 2. The van der Waals surface area contributed by atoms with Crippen LogP contribution in [-0.2, 0) is 14.2 Å². The summed E-state index contributed by atoms with van der Waals surface area (Å²) in [4.78, 5) is 31.1. The molecule has 28 heavy (non-hydrogen) atoms. The molecule has 0 aliphatic rings. The lowest BCUT2D eigenvalue weighted by Crippen LogP contribution is -2.31. The highest BCUT2D eigenvalue weighted by molar-refractivity contribution is 7.58. The molecule has 158 valence electrons. The molecule has 0 amide bonds. The molecule has 0 saturated carbocycles. The van der Waals surface area contributed by atoms with Gasteiger partial charge in [-0.15, -0.1) is 13.2 Å². The summed E-state index contributed by atoms with van der Waals surface area (Å²) >= 11 is 0. The van der Waals surface area contributed by atoms with Crippen LogP contribution in [0.1, 0.15) is 17.8 Å². The SMILES string of the molecule is N[C@H](CCP(=O)(O)C(O)c1ccc(OCC(=O)O)c(OC(F)(F)F)c1)C(=O)O. The number of hydrogen-bond acceptors (Lipinski definition) is 7. The van der Waals surface area contributed by atoms with Gasteiger partial charge in [0.25, 0.3) is 0 Å². The van der Waals surface area contributed by atoms with E-state index < -0.39 is 73.8 Å². The van der Waals surface area contributed by atoms with Crippen molar-refractivity contribution in [1.29, 1.82) is 0 Å². The van der Waals surface area contributed by atoms with Gasteiger partial charge in [0.05, 0.1) is 0 Å². The molecular weight excluding hydrogens is 414 g/mol. The standard InChI is InChI=1S/C14H17F3NO9P/c15-14(16,17)27-10-5-7(1-2-9(10)26-6-11(19)20)13(23)28(24,25)4-3-8(18)12(21)22/h1-2,5,8,13,23H,3-4,6,18H2,(H,19,20)(H,21,22)(H,24,25)/t8-,13?/m1/s1. The summed E-state index contributed by atoms with van der Waals surface area (Å²) in [7, 11) is -4.48. The fourth-order valence-corrected chi connectivity index (χ4v) is 3.47. The topological polar surface area (TPSA) is 177 Å². The van der Waals surface area contributed by atoms with Crippen LogP contribution in [0.15, 0.2) is 18.2 Å². The Morgan fingerprint density at radius 1 is 1.21 bits per heavy atom. The molecule has 0 saturated heterocycles. The number of alkyl halides is 3. The number of carboxylic acids is 2. The second-order valence-corrected chi connectivity index (χ2v) is 7.97. The molecule has 2 unspecified atom stereocenters. The van der Waals surface area contributed by atoms with E-state index in [2.05, 4.69) is 9.47 Å². The first-order valence-corrected chi connectivity index (χ1v) is 9.36. The molecule has 1 aromatic rings. The van der Waals surface area contributed by atoms with E-state index in [4.69, 9.17) is 15.9 Å². The average molecular weight is 431 g/mol. The first-order valence-electron chi connectivity index (χ1n) is 7.45. The summed E-state index contributed by atoms with van der Waals surface area (Å²) in [5.74, 6) is -6.74. The normalized spacial score (nSPS) is 15.9. The Hall–Kier alpha value is -2.34. The summed E-state index contributed by atoms with van der Waals surface area (Å²) in [6, 6.07) is 0.856. The van der Waals surface area contributed by atoms with Gasteiger partial charge < -0.3 is 35.4 Å². The van der Waals surface area contributed by atoms with E-state index in [-0.39, 0.29) is 0 Å². The summed E-state index contributed by atoms with van der Waals surface area (Å²) in [6.07, 6.45) is -6.37. The van der Waals surface area contributed by atoms with Gasteiger partial charge in [0.1, 0.15) is 6.04 Å². The number of benzene rings is 1. The summed E-state index contributed by atoms with van der Waals surface area (Å²) in [5.41, 5.74) is 4.75. The van der Waals surface area contributed by atoms with E-state index in [0.29, 0.717) is 6.07 Å². The minimum Gasteiger partial charge on any atom is -0.480 e. The third-order valence-corrected chi connectivity index (χ3v) is 5.26. The molecule has 0 aliphatic heterocycles. The van der Waals surface area contributed by atoms with E-state index in [1.54, 1.807) is 0 Å². The second-order valence-electron chi connectivity index (χ2n) is 5.52. The Bertz CT molecular complexity index is 771. The van der Waals surface area contributed by atoms with Crippen molar-refractivity contribution in [3.63, 3.8) is 0 Å². The molecule has 1 rings (SSSR count). The van der Waals surface area contributed by atoms with Crippen LogP contribution in [-0.4, -0.2) is 57.3 Å². The highest BCUT2D eigenvalue weighted by Crippen LogP contribution is 2.55. The minimum atomic E-state index is -5.19. The highest BCUT2D eigenvalue weighted by Gasteiger charge is 2.35. The number of halogens is 3. The van der Waals surface area contributed by atoms with Gasteiger partial charge in [-0.1, -0.05) is 6.07 Å². The first-order chi connectivity index (χ1) is 12.7. The molecule has 6 N–H and O–H groups in total. The van der Waals surface area contributed by atoms with Crippen molar-refractivity contribution >= 4 is 19.3 Å². The largest absolute Gasteiger partial charge is 0.573 e. The Morgan fingerprint density at radius 3 is 2.32 bits per heavy atom. The van der Waals surface area contributed by atoms with Crippen molar-refractivity contribution in [2.45, 2.75) is 24.7 Å². The number of rotatable bonds is 10. The molecule has 0 radical (unpaired) electrons. The van der Waals surface area contributed by atoms with E-state index >= 15 is 0 Å². The first kappa shape index (κ1) is 23.7. The lowest BCUT2D eigenvalue weighted by atomic mass is 10.2. The Labute approximate surface area is 155 Å². The van der Waals surface area contributed by atoms with Gasteiger partial charge in [-0.25, -0.2) is 4.79 Å². The van der Waals surface area contributed by atoms with Crippen molar-refractivity contribution in [3.8, 4) is 11.5 Å². The van der Waals surface area contributed by atoms with Crippen molar-refractivity contribution in [3.05, 3.63) is 23.8 Å². The number of aliphatic hydroxyl groups excluding tert-OH is 1. The highest BCUT2D eigenvalue weighted by atomic mass is 31.2. The van der Waals surface area contributed by atoms with Gasteiger partial charge in [0.2, 0.25) is 7.37 Å². The van der Waals surface area contributed by atoms with Gasteiger partial charge >= 0.3 is 18.3 Å². The average Bonchev–Trinajstić information content (AvgIpc) is 2.56. The van der Waals surface area contributed by atoms with Crippen LogP contribution in [0.3, 0.4) is 0 Å². The molecule has 10 nitrogen and oxygen atoms in total. The van der Waals surface area contributed by atoms with E-state index in [1.807, 2.05) is 0 Å². The number of hydrogen-bond donors (Lipinski definition) is 5. The van der Waals surface area contributed by atoms with Gasteiger partial charge in [0, 0.05) is 6.16 Å². The van der Waals surface area contributed by atoms with Crippen molar-refractivity contribution in [1.82, 2.24) is 0 Å². The van der Waals surface area contributed by atoms with Crippen LogP contribution in [0.2, 0.25) is 0 Å². The smallest absolute Gasteiger partial charge is 0.480 e. The molecule has 3 atom stereocenters. The number of carboxylic acid groups (broad SMARTS) is 2. The van der Waals surface area contributed by atoms with E-state index in [0.717, 1.165) is 12.1 Å². The Morgan fingerprint density at radius 2 is 1.82 bits per heavy atom. The van der Waals surface area contributed by atoms with Gasteiger partial charge in [0.15, 0.2) is 24.0 Å². The molecule has 0 spiro atoms. The zero-order valence-corrected chi connectivity index (χ0v) is 14.9. The summed E-state index contributed by atoms with van der Waals surface area (Å²) < 4.78 is 58.2. The lowest BCUT2D eigenvalue weighted by molar-refractivity contribution is -0.275. The monoisotopic (exact) mass is 431 g/mol. The van der Waals surface area contributed by atoms with Crippen LogP contribution in [0, 0.1) is 0 Å². The quantitative estimate of drug-likeness (QED) is 0.337. The molecule has 1 aromatic carbocycles. The molecule has 0 bridgehead atoms. The van der Waals surface area contributed by atoms with Crippen molar-refractivity contribution in [2.75, 3.05) is 12.8 Å². The Balaban J connectivity index is 3.11.